The lowest BCUT2D eigenvalue weighted by Gasteiger charge is -2.10. The molecule has 2 rings (SSSR count). The van der Waals surface area contributed by atoms with E-state index < -0.39 is 0 Å². The molecule has 0 aliphatic carbocycles. The third-order valence-electron chi connectivity index (χ3n) is 2.93. The van der Waals surface area contributed by atoms with E-state index in [0.717, 1.165) is 10.2 Å². The SMILES string of the molecule is CC(C)c1cccc(OCc2ccc(Br)cc2F)c1. The second kappa shape index (κ2) is 6.20. The highest BCUT2D eigenvalue weighted by atomic mass is 79.9. The van der Waals surface area contributed by atoms with E-state index in [-0.39, 0.29) is 12.4 Å². The first kappa shape index (κ1) is 14.1. The van der Waals surface area contributed by atoms with Crippen molar-refractivity contribution in [3.05, 3.63) is 63.9 Å². The Bertz CT molecular complexity index is 566. The zero-order valence-electron chi connectivity index (χ0n) is 11.0. The molecule has 0 saturated heterocycles. The summed E-state index contributed by atoms with van der Waals surface area (Å²) in [5, 5.41) is 0. The first-order valence-corrected chi connectivity index (χ1v) is 7.02. The Morgan fingerprint density at radius 1 is 1.16 bits per heavy atom. The Kier molecular flexibility index (Phi) is 4.59. The zero-order chi connectivity index (χ0) is 13.8. The van der Waals surface area contributed by atoms with Gasteiger partial charge < -0.3 is 4.74 Å². The molecule has 19 heavy (non-hydrogen) atoms. The third kappa shape index (κ3) is 3.80. The molecule has 2 aromatic rings. The fourth-order valence-electron chi connectivity index (χ4n) is 1.76. The lowest BCUT2D eigenvalue weighted by Crippen LogP contribution is -1.99. The molecule has 0 fully saturated rings. The smallest absolute Gasteiger partial charge is 0.130 e. The summed E-state index contributed by atoms with van der Waals surface area (Å²) in [7, 11) is 0. The first-order chi connectivity index (χ1) is 9.06. The zero-order valence-corrected chi connectivity index (χ0v) is 12.6. The Morgan fingerprint density at radius 2 is 1.95 bits per heavy atom. The van der Waals surface area contributed by atoms with Crippen molar-refractivity contribution in [2.24, 2.45) is 0 Å². The molecule has 0 saturated carbocycles. The molecule has 0 heterocycles. The maximum atomic E-state index is 13.7. The standard InChI is InChI=1S/C16H16BrFO/c1-11(2)12-4-3-5-15(8-12)19-10-13-6-7-14(17)9-16(13)18/h3-9,11H,10H2,1-2H3. The molecule has 1 nitrogen and oxygen atoms in total. The van der Waals surface area contributed by atoms with Gasteiger partial charge in [0.2, 0.25) is 0 Å². The maximum absolute atomic E-state index is 13.7. The summed E-state index contributed by atoms with van der Waals surface area (Å²) in [6.45, 7) is 4.50. The minimum absolute atomic E-state index is 0.237. The van der Waals surface area contributed by atoms with Crippen molar-refractivity contribution in [2.75, 3.05) is 0 Å². The highest BCUT2D eigenvalue weighted by Crippen LogP contribution is 2.22. The highest BCUT2D eigenvalue weighted by molar-refractivity contribution is 9.10. The Hall–Kier alpha value is -1.35. The van der Waals surface area contributed by atoms with Gasteiger partial charge in [0.1, 0.15) is 18.2 Å². The lowest BCUT2D eigenvalue weighted by atomic mass is 10.0. The molecule has 2 aromatic carbocycles. The summed E-state index contributed by atoms with van der Waals surface area (Å²) < 4.78 is 20.0. The molecule has 0 bridgehead atoms. The van der Waals surface area contributed by atoms with Crippen molar-refractivity contribution >= 4 is 15.9 Å². The van der Waals surface area contributed by atoms with Gasteiger partial charge in [-0.25, -0.2) is 4.39 Å². The second-order valence-electron chi connectivity index (χ2n) is 4.75. The van der Waals surface area contributed by atoms with E-state index in [4.69, 9.17) is 4.74 Å². The average Bonchev–Trinajstić information content (AvgIpc) is 2.38. The van der Waals surface area contributed by atoms with Crippen molar-refractivity contribution in [3.8, 4) is 5.75 Å². The number of halogens is 2. The van der Waals surface area contributed by atoms with Gasteiger partial charge in [-0.05, 0) is 35.7 Å². The summed E-state index contributed by atoms with van der Waals surface area (Å²) in [6.07, 6.45) is 0. The van der Waals surface area contributed by atoms with Gasteiger partial charge in [0.15, 0.2) is 0 Å². The van der Waals surface area contributed by atoms with Crippen LogP contribution in [0.5, 0.6) is 5.75 Å². The van der Waals surface area contributed by atoms with Gasteiger partial charge in [-0.15, -0.1) is 0 Å². The van der Waals surface area contributed by atoms with Crippen LogP contribution in [0.25, 0.3) is 0 Å². The van der Waals surface area contributed by atoms with Crippen molar-refractivity contribution in [1.29, 1.82) is 0 Å². The van der Waals surface area contributed by atoms with Crippen molar-refractivity contribution in [1.82, 2.24) is 0 Å². The van der Waals surface area contributed by atoms with Crippen LogP contribution in [-0.4, -0.2) is 0 Å². The van der Waals surface area contributed by atoms with Crippen LogP contribution in [0, 0.1) is 5.82 Å². The fourth-order valence-corrected chi connectivity index (χ4v) is 2.10. The molecule has 0 aliphatic rings. The third-order valence-corrected chi connectivity index (χ3v) is 3.43. The number of hydrogen-bond donors (Lipinski definition) is 0. The summed E-state index contributed by atoms with van der Waals surface area (Å²) in [5.74, 6) is 0.968. The van der Waals surface area contributed by atoms with E-state index in [1.807, 2.05) is 24.3 Å². The van der Waals surface area contributed by atoms with Gasteiger partial charge in [-0.3, -0.25) is 0 Å². The van der Waals surface area contributed by atoms with Crippen LogP contribution in [0.4, 0.5) is 4.39 Å². The minimum Gasteiger partial charge on any atom is -0.489 e. The molecule has 100 valence electrons. The van der Waals surface area contributed by atoms with Gasteiger partial charge >= 0.3 is 0 Å². The summed E-state index contributed by atoms with van der Waals surface area (Å²) in [4.78, 5) is 0. The normalized spacial score (nSPS) is 10.8. The molecule has 0 aromatic heterocycles. The molecular weight excluding hydrogens is 307 g/mol. The van der Waals surface area contributed by atoms with E-state index in [0.29, 0.717) is 11.5 Å². The Balaban J connectivity index is 2.08. The highest BCUT2D eigenvalue weighted by Gasteiger charge is 2.05. The van der Waals surface area contributed by atoms with Crippen LogP contribution >= 0.6 is 15.9 Å². The van der Waals surface area contributed by atoms with E-state index in [1.54, 1.807) is 6.07 Å². The average molecular weight is 323 g/mol. The summed E-state index contributed by atoms with van der Waals surface area (Å²) >= 11 is 3.24. The molecule has 3 heteroatoms. The van der Waals surface area contributed by atoms with Crippen molar-refractivity contribution < 1.29 is 9.13 Å². The van der Waals surface area contributed by atoms with Gasteiger partial charge in [0.05, 0.1) is 0 Å². The quantitative estimate of drug-likeness (QED) is 0.743. The topological polar surface area (TPSA) is 9.23 Å². The van der Waals surface area contributed by atoms with Crippen LogP contribution in [-0.2, 0) is 6.61 Å². The monoisotopic (exact) mass is 322 g/mol. The van der Waals surface area contributed by atoms with E-state index in [9.17, 15) is 4.39 Å². The van der Waals surface area contributed by atoms with E-state index >= 15 is 0 Å². The van der Waals surface area contributed by atoms with E-state index in [2.05, 4.69) is 35.8 Å². The van der Waals surface area contributed by atoms with E-state index in [1.165, 1.54) is 11.6 Å². The van der Waals surface area contributed by atoms with Gasteiger partial charge in [0.25, 0.3) is 0 Å². The van der Waals surface area contributed by atoms with Gasteiger partial charge in [-0.2, -0.15) is 0 Å². The molecular formula is C16H16BrFO. The maximum Gasteiger partial charge on any atom is 0.130 e. The Labute approximate surface area is 121 Å². The lowest BCUT2D eigenvalue weighted by molar-refractivity contribution is 0.299. The fraction of sp³-hybridized carbons (Fsp3) is 0.250. The predicted molar refractivity (Wildman–Crippen MR) is 79.0 cm³/mol. The number of benzene rings is 2. The van der Waals surface area contributed by atoms with Gasteiger partial charge in [0, 0.05) is 10.0 Å². The molecule has 0 aliphatic heterocycles. The Morgan fingerprint density at radius 3 is 2.63 bits per heavy atom. The van der Waals surface area contributed by atoms with Crippen LogP contribution in [0.15, 0.2) is 46.9 Å². The minimum atomic E-state index is -0.255. The number of ether oxygens (including phenoxy) is 1. The van der Waals surface area contributed by atoms with Crippen LogP contribution < -0.4 is 4.74 Å². The summed E-state index contributed by atoms with van der Waals surface area (Å²) in [6, 6.07) is 12.9. The molecule has 0 N–H and O–H groups in total. The molecule has 0 spiro atoms. The van der Waals surface area contributed by atoms with Crippen LogP contribution in [0.3, 0.4) is 0 Å². The predicted octanol–water partition coefficient (Wildman–Crippen LogP) is 5.29. The first-order valence-electron chi connectivity index (χ1n) is 6.23. The molecule has 0 radical (unpaired) electrons. The molecule has 0 unspecified atom stereocenters. The summed E-state index contributed by atoms with van der Waals surface area (Å²) in [5.41, 5.74) is 1.77. The van der Waals surface area contributed by atoms with Crippen LogP contribution in [0.2, 0.25) is 0 Å². The van der Waals surface area contributed by atoms with Crippen molar-refractivity contribution in [2.45, 2.75) is 26.4 Å². The van der Waals surface area contributed by atoms with Crippen molar-refractivity contribution in [3.63, 3.8) is 0 Å². The molecule has 0 atom stereocenters. The number of hydrogen-bond acceptors (Lipinski definition) is 1. The van der Waals surface area contributed by atoms with Gasteiger partial charge in [-0.1, -0.05) is 48.0 Å². The molecule has 0 amide bonds. The second-order valence-corrected chi connectivity index (χ2v) is 5.67. The van der Waals surface area contributed by atoms with Crippen LogP contribution in [0.1, 0.15) is 30.9 Å². The largest absolute Gasteiger partial charge is 0.489 e. The number of rotatable bonds is 4.